The van der Waals surface area contributed by atoms with Gasteiger partial charge in [0.15, 0.2) is 0 Å². The number of rotatable bonds is 8. The van der Waals surface area contributed by atoms with Gasteiger partial charge in [-0.05, 0) is 49.6 Å². The van der Waals surface area contributed by atoms with Gasteiger partial charge < -0.3 is 9.47 Å². The number of anilines is 1. The lowest BCUT2D eigenvalue weighted by Crippen LogP contribution is -2.36. The second-order valence-electron chi connectivity index (χ2n) is 5.19. The van der Waals surface area contributed by atoms with Crippen LogP contribution >= 0.6 is 11.8 Å². The third-order valence-electron chi connectivity index (χ3n) is 3.57. The Balaban J connectivity index is 2.48. The van der Waals surface area contributed by atoms with Crippen LogP contribution < -0.4 is 9.04 Å². The van der Waals surface area contributed by atoms with Crippen LogP contribution in [0.3, 0.4) is 0 Å². The molecule has 0 aliphatic rings. The van der Waals surface area contributed by atoms with Crippen molar-refractivity contribution in [3.8, 4) is 5.75 Å². The maximum atomic E-state index is 13.1. The molecule has 0 N–H and O–H groups in total. The van der Waals surface area contributed by atoms with Gasteiger partial charge in [-0.15, -0.1) is 11.8 Å². The summed E-state index contributed by atoms with van der Waals surface area (Å²) < 4.78 is 37.4. The number of hydrogen-bond donors (Lipinski definition) is 0. The first-order valence-corrected chi connectivity index (χ1v) is 10.5. The Labute approximate surface area is 158 Å². The lowest BCUT2D eigenvalue weighted by molar-refractivity contribution is -0.141. The Morgan fingerprint density at radius 3 is 2.42 bits per heavy atom. The van der Waals surface area contributed by atoms with Gasteiger partial charge in [-0.25, -0.2) is 8.42 Å². The zero-order valence-electron chi connectivity index (χ0n) is 14.8. The average molecular weight is 396 g/mol. The number of hydrogen-bond acceptors (Lipinski definition) is 6. The standard InChI is InChI=1S/C18H21NO5S2/c1-4-24-18(20)13-19(14-6-5-7-15(12-14)23-2)26(21,22)17-10-8-16(25-3)9-11-17/h5-12H,4,13H2,1-3H3. The van der Waals surface area contributed by atoms with Gasteiger partial charge in [0.1, 0.15) is 12.3 Å². The van der Waals surface area contributed by atoms with Gasteiger partial charge in [0.05, 0.1) is 24.3 Å². The number of thioether (sulfide) groups is 1. The molecule has 0 unspecified atom stereocenters. The molecule has 0 bridgehead atoms. The Morgan fingerprint density at radius 2 is 1.85 bits per heavy atom. The highest BCUT2D eigenvalue weighted by molar-refractivity contribution is 7.98. The quantitative estimate of drug-likeness (QED) is 0.505. The molecular formula is C18H21NO5S2. The Hall–Kier alpha value is -2.19. The highest BCUT2D eigenvalue weighted by Gasteiger charge is 2.28. The second-order valence-corrected chi connectivity index (χ2v) is 7.94. The molecule has 0 radical (unpaired) electrons. The summed E-state index contributed by atoms with van der Waals surface area (Å²) in [7, 11) is -2.46. The van der Waals surface area contributed by atoms with E-state index in [1.54, 1.807) is 43.3 Å². The normalized spacial score (nSPS) is 11.0. The lowest BCUT2D eigenvalue weighted by Gasteiger charge is -2.24. The first kappa shape index (κ1) is 20.1. The van der Waals surface area contributed by atoms with Crippen molar-refractivity contribution in [3.05, 3.63) is 48.5 Å². The minimum Gasteiger partial charge on any atom is -0.497 e. The Morgan fingerprint density at radius 1 is 1.15 bits per heavy atom. The average Bonchev–Trinajstić information content (AvgIpc) is 2.66. The van der Waals surface area contributed by atoms with Gasteiger partial charge >= 0.3 is 5.97 Å². The fraction of sp³-hybridized carbons (Fsp3) is 0.278. The van der Waals surface area contributed by atoms with Crippen LogP contribution in [-0.4, -0.2) is 40.9 Å². The molecule has 0 heterocycles. The number of carbonyl (C=O) groups excluding carboxylic acids is 1. The number of carbonyl (C=O) groups is 1. The van der Waals surface area contributed by atoms with E-state index in [0.29, 0.717) is 11.4 Å². The van der Waals surface area contributed by atoms with E-state index in [9.17, 15) is 13.2 Å². The fourth-order valence-electron chi connectivity index (χ4n) is 2.28. The van der Waals surface area contributed by atoms with E-state index >= 15 is 0 Å². The zero-order valence-corrected chi connectivity index (χ0v) is 16.5. The highest BCUT2D eigenvalue weighted by Crippen LogP contribution is 2.28. The van der Waals surface area contributed by atoms with Crippen LogP contribution in [0.5, 0.6) is 5.75 Å². The molecule has 2 aromatic carbocycles. The van der Waals surface area contributed by atoms with Crippen molar-refractivity contribution in [1.82, 2.24) is 0 Å². The lowest BCUT2D eigenvalue weighted by atomic mass is 10.3. The van der Waals surface area contributed by atoms with E-state index in [1.165, 1.54) is 31.0 Å². The third-order valence-corrected chi connectivity index (χ3v) is 6.10. The molecule has 0 fully saturated rings. The molecule has 0 aliphatic carbocycles. The summed E-state index contributed by atoms with van der Waals surface area (Å²) in [4.78, 5) is 13.0. The topological polar surface area (TPSA) is 72.9 Å². The van der Waals surface area contributed by atoms with E-state index in [2.05, 4.69) is 0 Å². The first-order chi connectivity index (χ1) is 12.4. The van der Waals surface area contributed by atoms with Crippen LogP contribution in [0.15, 0.2) is 58.3 Å². The van der Waals surface area contributed by atoms with Crippen LogP contribution in [0.1, 0.15) is 6.92 Å². The largest absolute Gasteiger partial charge is 0.497 e. The van der Waals surface area contributed by atoms with Crippen molar-refractivity contribution >= 4 is 33.4 Å². The van der Waals surface area contributed by atoms with Gasteiger partial charge in [-0.1, -0.05) is 6.07 Å². The fourth-order valence-corrected chi connectivity index (χ4v) is 4.09. The molecule has 2 aromatic rings. The molecule has 26 heavy (non-hydrogen) atoms. The summed E-state index contributed by atoms with van der Waals surface area (Å²) in [5.41, 5.74) is 0.325. The van der Waals surface area contributed by atoms with Gasteiger partial charge in [0.25, 0.3) is 10.0 Å². The summed E-state index contributed by atoms with van der Waals surface area (Å²) in [6.07, 6.45) is 1.91. The molecular weight excluding hydrogens is 374 g/mol. The van der Waals surface area contributed by atoms with Crippen LogP contribution in [0.25, 0.3) is 0 Å². The smallest absolute Gasteiger partial charge is 0.326 e. The van der Waals surface area contributed by atoms with Crippen molar-refractivity contribution in [2.45, 2.75) is 16.7 Å². The monoisotopic (exact) mass is 395 g/mol. The van der Waals surface area contributed by atoms with E-state index in [-0.39, 0.29) is 11.5 Å². The van der Waals surface area contributed by atoms with Crippen molar-refractivity contribution < 1.29 is 22.7 Å². The number of benzene rings is 2. The molecule has 8 heteroatoms. The summed E-state index contributed by atoms with van der Waals surface area (Å²) >= 11 is 1.52. The number of methoxy groups -OCH3 is 1. The Bertz CT molecular complexity index is 850. The number of esters is 1. The van der Waals surface area contributed by atoms with Crippen molar-refractivity contribution in [1.29, 1.82) is 0 Å². The summed E-state index contributed by atoms with van der Waals surface area (Å²) in [5.74, 6) is -0.135. The first-order valence-electron chi connectivity index (χ1n) is 7.88. The van der Waals surface area contributed by atoms with Crippen LogP contribution in [-0.2, 0) is 19.6 Å². The van der Waals surface area contributed by atoms with Gasteiger partial charge in [0, 0.05) is 11.0 Å². The number of ether oxygens (including phenoxy) is 2. The minimum absolute atomic E-state index is 0.0995. The zero-order chi connectivity index (χ0) is 19.2. The molecule has 2 rings (SSSR count). The highest BCUT2D eigenvalue weighted by atomic mass is 32.2. The van der Waals surface area contributed by atoms with E-state index in [0.717, 1.165) is 9.20 Å². The maximum absolute atomic E-state index is 13.1. The molecule has 0 aromatic heterocycles. The molecule has 0 saturated heterocycles. The van der Waals surface area contributed by atoms with Crippen molar-refractivity contribution in [2.24, 2.45) is 0 Å². The van der Waals surface area contributed by atoms with Gasteiger partial charge in [-0.3, -0.25) is 9.10 Å². The predicted molar refractivity (Wildman–Crippen MR) is 102 cm³/mol. The molecule has 140 valence electrons. The molecule has 0 saturated carbocycles. The molecule has 6 nitrogen and oxygen atoms in total. The van der Waals surface area contributed by atoms with Crippen molar-refractivity contribution in [3.63, 3.8) is 0 Å². The van der Waals surface area contributed by atoms with Gasteiger partial charge in [-0.2, -0.15) is 0 Å². The molecule has 0 atom stereocenters. The summed E-state index contributed by atoms with van der Waals surface area (Å²) in [6, 6.07) is 13.0. The van der Waals surface area contributed by atoms with Crippen molar-refractivity contribution in [2.75, 3.05) is 30.8 Å². The van der Waals surface area contributed by atoms with Crippen LogP contribution in [0, 0.1) is 0 Å². The van der Waals surface area contributed by atoms with Crippen LogP contribution in [0.2, 0.25) is 0 Å². The third kappa shape index (κ3) is 4.70. The van der Waals surface area contributed by atoms with E-state index in [4.69, 9.17) is 9.47 Å². The molecule has 0 aliphatic heterocycles. The van der Waals surface area contributed by atoms with Crippen LogP contribution in [0.4, 0.5) is 5.69 Å². The summed E-state index contributed by atoms with van der Waals surface area (Å²) in [6.45, 7) is 1.42. The number of sulfonamides is 1. The maximum Gasteiger partial charge on any atom is 0.326 e. The Kier molecular flexibility index (Phi) is 6.93. The molecule has 0 amide bonds. The predicted octanol–water partition coefficient (Wildman–Crippen LogP) is 3.18. The SMILES string of the molecule is CCOC(=O)CN(c1cccc(OC)c1)S(=O)(=O)c1ccc(SC)cc1. The minimum atomic E-state index is -3.95. The van der Waals surface area contributed by atoms with E-state index in [1.807, 2.05) is 6.26 Å². The molecule has 0 spiro atoms. The number of nitrogens with zero attached hydrogens (tertiary/aromatic N) is 1. The van der Waals surface area contributed by atoms with E-state index < -0.39 is 22.5 Å². The summed E-state index contributed by atoms with van der Waals surface area (Å²) in [5, 5.41) is 0. The second kappa shape index (κ2) is 8.95. The van der Waals surface area contributed by atoms with Gasteiger partial charge in [0.2, 0.25) is 0 Å².